The molecule has 3 rings (SSSR count). The number of nitrogens with zero attached hydrogens (tertiary/aromatic N) is 2. The highest BCUT2D eigenvalue weighted by atomic mass is 16.4. The van der Waals surface area contributed by atoms with E-state index in [-0.39, 0.29) is 29.7 Å². The fourth-order valence-corrected chi connectivity index (χ4v) is 4.05. The van der Waals surface area contributed by atoms with Gasteiger partial charge in [-0.25, -0.2) is 4.79 Å². The molecule has 0 bridgehead atoms. The lowest BCUT2D eigenvalue weighted by atomic mass is 9.77. The van der Waals surface area contributed by atoms with Gasteiger partial charge in [0, 0.05) is 25.6 Å². The number of likely N-dealkylation sites (tertiary alicyclic amines) is 1. The van der Waals surface area contributed by atoms with Gasteiger partial charge in [-0.3, -0.25) is 9.69 Å². The zero-order valence-corrected chi connectivity index (χ0v) is 12.8. The van der Waals surface area contributed by atoms with Crippen LogP contribution in [0, 0.1) is 11.8 Å². The molecule has 2 fully saturated rings. The molecule has 3 unspecified atom stereocenters. The molecule has 1 amide bonds. The number of carboxylic acids is 1. The number of hydrogen-bond acceptors (Lipinski definition) is 5. The van der Waals surface area contributed by atoms with Gasteiger partial charge < -0.3 is 20.2 Å². The topological polar surface area (TPSA) is 101 Å². The number of carboxylic acid groups (broad SMARTS) is 1. The Morgan fingerprint density at radius 3 is 2.64 bits per heavy atom. The van der Waals surface area contributed by atoms with E-state index >= 15 is 0 Å². The van der Waals surface area contributed by atoms with Crippen molar-refractivity contribution in [2.75, 3.05) is 19.6 Å². The second-order valence-corrected chi connectivity index (χ2v) is 6.61. The lowest BCUT2D eigenvalue weighted by Gasteiger charge is -2.46. The van der Waals surface area contributed by atoms with Crippen LogP contribution in [-0.4, -0.2) is 74.9 Å². The number of β-lactam (4-membered cyclic amide) rings is 1. The Bertz CT molecular complexity index is 544. The number of aliphatic hydroxyl groups is 2. The van der Waals surface area contributed by atoms with Crippen molar-refractivity contribution in [1.82, 2.24) is 9.80 Å². The summed E-state index contributed by atoms with van der Waals surface area (Å²) in [5.74, 6) is -2.02. The van der Waals surface area contributed by atoms with Crippen molar-refractivity contribution in [3.63, 3.8) is 0 Å². The number of amides is 1. The van der Waals surface area contributed by atoms with E-state index < -0.39 is 18.0 Å². The average Bonchev–Trinajstić information content (AvgIpc) is 2.92. The zero-order chi connectivity index (χ0) is 16.2. The number of aliphatic hydroxyl groups excluding tert-OH is 2. The molecule has 122 valence electrons. The van der Waals surface area contributed by atoms with E-state index in [1.807, 2.05) is 11.8 Å². The van der Waals surface area contributed by atoms with Gasteiger partial charge in [0.1, 0.15) is 5.70 Å². The third-order valence-electron chi connectivity index (χ3n) is 5.16. The molecular formula is C15H22N2O5. The Hall–Kier alpha value is -1.44. The number of rotatable bonds is 4. The molecule has 7 heteroatoms. The van der Waals surface area contributed by atoms with Gasteiger partial charge in [-0.15, -0.1) is 0 Å². The normalized spacial score (nSPS) is 36.5. The van der Waals surface area contributed by atoms with Crippen LogP contribution >= 0.6 is 0 Å². The minimum absolute atomic E-state index is 0.0702. The Morgan fingerprint density at radius 1 is 1.45 bits per heavy atom. The second kappa shape index (κ2) is 5.33. The highest BCUT2D eigenvalue weighted by Gasteiger charge is 2.59. The lowest BCUT2D eigenvalue weighted by molar-refractivity contribution is -0.163. The molecule has 3 aliphatic heterocycles. The van der Waals surface area contributed by atoms with E-state index in [9.17, 15) is 24.9 Å². The van der Waals surface area contributed by atoms with Crippen LogP contribution in [0.2, 0.25) is 0 Å². The molecule has 0 spiro atoms. The predicted octanol–water partition coefficient (Wildman–Crippen LogP) is -0.751. The first-order valence-corrected chi connectivity index (χ1v) is 7.70. The molecular weight excluding hydrogens is 288 g/mol. The summed E-state index contributed by atoms with van der Waals surface area (Å²) < 4.78 is 0. The van der Waals surface area contributed by atoms with Crippen LogP contribution in [0.15, 0.2) is 11.3 Å². The summed E-state index contributed by atoms with van der Waals surface area (Å²) in [6.45, 7) is 5.19. The van der Waals surface area contributed by atoms with Gasteiger partial charge >= 0.3 is 5.97 Å². The first-order chi connectivity index (χ1) is 10.3. The van der Waals surface area contributed by atoms with E-state index in [0.29, 0.717) is 19.5 Å². The van der Waals surface area contributed by atoms with E-state index in [1.165, 1.54) is 4.90 Å². The molecule has 0 radical (unpaired) electrons. The van der Waals surface area contributed by atoms with Crippen molar-refractivity contribution in [2.45, 2.75) is 38.5 Å². The fourth-order valence-electron chi connectivity index (χ4n) is 4.05. The van der Waals surface area contributed by atoms with E-state index in [0.717, 1.165) is 12.1 Å². The molecule has 2 saturated heterocycles. The van der Waals surface area contributed by atoms with Crippen molar-refractivity contribution in [3.05, 3.63) is 11.3 Å². The Morgan fingerprint density at radius 2 is 2.14 bits per heavy atom. The highest BCUT2D eigenvalue weighted by Crippen LogP contribution is 2.47. The Labute approximate surface area is 128 Å². The number of fused-ring (bicyclic) bond motifs is 1. The smallest absolute Gasteiger partial charge is 0.352 e. The molecule has 0 aromatic rings. The number of carbonyl (C=O) groups excluding carboxylic acids is 1. The van der Waals surface area contributed by atoms with Crippen molar-refractivity contribution in [2.24, 2.45) is 11.8 Å². The largest absolute Gasteiger partial charge is 0.477 e. The zero-order valence-electron chi connectivity index (χ0n) is 12.8. The van der Waals surface area contributed by atoms with Crippen molar-refractivity contribution >= 4 is 11.9 Å². The van der Waals surface area contributed by atoms with Gasteiger partial charge in [-0.05, 0) is 18.9 Å². The molecule has 3 aliphatic rings. The SMILES string of the molecule is CC(O)C1C(=O)N2C(C(=O)O)=C(CN3CC[C@@H](O)C3)[C@H](C)C12. The summed E-state index contributed by atoms with van der Waals surface area (Å²) in [4.78, 5) is 27.2. The van der Waals surface area contributed by atoms with Crippen LogP contribution < -0.4 is 0 Å². The quantitative estimate of drug-likeness (QED) is 0.591. The Kier molecular flexibility index (Phi) is 3.74. The summed E-state index contributed by atoms with van der Waals surface area (Å²) in [6.07, 6.45) is -0.458. The van der Waals surface area contributed by atoms with Gasteiger partial charge in [0.25, 0.3) is 0 Å². The van der Waals surface area contributed by atoms with Crippen LogP contribution in [0.5, 0.6) is 0 Å². The van der Waals surface area contributed by atoms with E-state index in [2.05, 4.69) is 0 Å². The summed E-state index contributed by atoms with van der Waals surface area (Å²) in [6, 6.07) is -0.263. The number of aliphatic carboxylic acids is 1. The molecule has 0 saturated carbocycles. The first kappa shape index (κ1) is 15.5. The van der Waals surface area contributed by atoms with Crippen LogP contribution in [0.1, 0.15) is 20.3 Å². The number of β-amino-alcohol motifs (C(OH)–C–C–N with tert-alkyl or cyclic N) is 1. The second-order valence-electron chi connectivity index (χ2n) is 6.61. The third kappa shape index (κ3) is 2.15. The maximum absolute atomic E-state index is 12.2. The van der Waals surface area contributed by atoms with Gasteiger partial charge in [0.05, 0.1) is 24.2 Å². The maximum Gasteiger partial charge on any atom is 0.352 e. The van der Waals surface area contributed by atoms with Crippen LogP contribution in [-0.2, 0) is 9.59 Å². The van der Waals surface area contributed by atoms with E-state index in [4.69, 9.17) is 0 Å². The van der Waals surface area contributed by atoms with Crippen molar-refractivity contribution in [1.29, 1.82) is 0 Å². The molecule has 0 aliphatic carbocycles. The molecule has 0 aromatic heterocycles. The predicted molar refractivity (Wildman–Crippen MR) is 76.7 cm³/mol. The molecule has 3 heterocycles. The van der Waals surface area contributed by atoms with Gasteiger partial charge in [-0.2, -0.15) is 0 Å². The van der Waals surface area contributed by atoms with Crippen molar-refractivity contribution in [3.8, 4) is 0 Å². The molecule has 3 N–H and O–H groups in total. The summed E-state index contributed by atoms with van der Waals surface area (Å²) >= 11 is 0. The van der Waals surface area contributed by atoms with Gasteiger partial charge in [-0.1, -0.05) is 6.92 Å². The average molecular weight is 310 g/mol. The van der Waals surface area contributed by atoms with E-state index in [1.54, 1.807) is 6.92 Å². The van der Waals surface area contributed by atoms with Gasteiger partial charge in [0.15, 0.2) is 0 Å². The van der Waals surface area contributed by atoms with Crippen LogP contribution in [0.3, 0.4) is 0 Å². The first-order valence-electron chi connectivity index (χ1n) is 7.70. The van der Waals surface area contributed by atoms with Gasteiger partial charge in [0.2, 0.25) is 5.91 Å². The number of hydrogen-bond donors (Lipinski definition) is 3. The number of carbonyl (C=O) groups is 2. The lowest BCUT2D eigenvalue weighted by Crippen LogP contribution is -2.63. The molecule has 22 heavy (non-hydrogen) atoms. The fraction of sp³-hybridized carbons (Fsp3) is 0.733. The summed E-state index contributed by atoms with van der Waals surface area (Å²) in [7, 11) is 0. The van der Waals surface area contributed by atoms with Crippen LogP contribution in [0.25, 0.3) is 0 Å². The Balaban J connectivity index is 1.87. The highest BCUT2D eigenvalue weighted by molar-refractivity contribution is 6.00. The van der Waals surface area contributed by atoms with Crippen molar-refractivity contribution < 1.29 is 24.9 Å². The summed E-state index contributed by atoms with van der Waals surface area (Å²) in [5, 5.41) is 28.9. The van der Waals surface area contributed by atoms with Crippen LogP contribution in [0.4, 0.5) is 0 Å². The molecule has 7 nitrogen and oxygen atoms in total. The summed E-state index contributed by atoms with van der Waals surface area (Å²) in [5.41, 5.74) is 0.795. The maximum atomic E-state index is 12.2. The standard InChI is InChI=1S/C15H22N2O5/c1-7-10(6-16-4-3-9(19)5-16)13(15(21)22)17-12(7)11(8(2)18)14(17)20/h7-9,11-12,18-19H,3-6H2,1-2H3,(H,21,22)/t7-,8?,9+,11?,12?/m0/s1. The monoisotopic (exact) mass is 310 g/mol. The molecule has 5 atom stereocenters. The molecule has 0 aromatic carbocycles. The minimum atomic E-state index is -1.10. The third-order valence-corrected chi connectivity index (χ3v) is 5.16. The minimum Gasteiger partial charge on any atom is -0.477 e.